The maximum atomic E-state index is 11.8. The number of cyclic esters (lactones) is 1. The molecule has 1 aromatic heterocycles. The van der Waals surface area contributed by atoms with E-state index in [1.54, 1.807) is 11.3 Å². The summed E-state index contributed by atoms with van der Waals surface area (Å²) in [5, 5.41) is 6.06. The van der Waals surface area contributed by atoms with Crippen molar-refractivity contribution in [1.82, 2.24) is 4.98 Å². The normalized spacial score (nSPS) is 24.6. The lowest BCUT2D eigenvalue weighted by Crippen LogP contribution is -2.21. The minimum Gasteiger partial charge on any atom is -0.453 e. The number of rotatable bonds is 5. The van der Waals surface area contributed by atoms with Crippen molar-refractivity contribution in [2.24, 2.45) is 5.92 Å². The fourth-order valence-electron chi connectivity index (χ4n) is 2.37. The van der Waals surface area contributed by atoms with E-state index in [0.29, 0.717) is 0 Å². The fourth-order valence-corrected chi connectivity index (χ4v) is 3.28. The van der Waals surface area contributed by atoms with Crippen LogP contribution in [-0.2, 0) is 15.1 Å². The Labute approximate surface area is 145 Å². The minimum absolute atomic E-state index is 0. The highest BCUT2D eigenvalue weighted by atomic mass is 79.9. The number of aromatic nitrogens is 1. The van der Waals surface area contributed by atoms with Gasteiger partial charge in [-0.15, -0.1) is 45.3 Å². The summed E-state index contributed by atoms with van der Waals surface area (Å²) < 4.78 is 5.57. The van der Waals surface area contributed by atoms with E-state index < -0.39 is 5.60 Å². The van der Waals surface area contributed by atoms with Gasteiger partial charge in [-0.05, 0) is 20.3 Å². The second-order valence-corrected chi connectivity index (χ2v) is 5.77. The maximum absolute atomic E-state index is 11.8. The van der Waals surface area contributed by atoms with Crippen LogP contribution in [-0.4, -0.2) is 17.5 Å². The van der Waals surface area contributed by atoms with Crippen molar-refractivity contribution >= 4 is 56.4 Å². The van der Waals surface area contributed by atoms with Crippen molar-refractivity contribution in [1.29, 1.82) is 0 Å². The number of carbonyl (C=O) groups excluding carboxylic acids is 1. The summed E-state index contributed by atoms with van der Waals surface area (Å²) in [4.78, 5) is 16.3. The Bertz CT molecular complexity index is 442. The maximum Gasteiger partial charge on any atom is 0.310 e. The van der Waals surface area contributed by atoms with Crippen molar-refractivity contribution in [2.75, 3.05) is 11.9 Å². The fraction of sp³-hybridized carbons (Fsp3) is 0.692. The third kappa shape index (κ3) is 4.18. The molecule has 1 saturated heterocycles. The molecule has 1 aliphatic rings. The van der Waals surface area contributed by atoms with Gasteiger partial charge in [0.05, 0.1) is 11.6 Å². The number of nitrogens with one attached hydrogen (secondary N) is 1. The largest absolute Gasteiger partial charge is 0.453 e. The van der Waals surface area contributed by atoms with Gasteiger partial charge in [0, 0.05) is 18.3 Å². The molecule has 1 aromatic rings. The number of anilines is 1. The number of hydrogen-bond donors (Lipinski definition) is 1. The molecule has 0 amide bonds. The zero-order chi connectivity index (χ0) is 13.2. The van der Waals surface area contributed by atoms with Gasteiger partial charge in [-0.3, -0.25) is 4.79 Å². The van der Waals surface area contributed by atoms with E-state index in [-0.39, 0.29) is 45.9 Å². The highest BCUT2D eigenvalue weighted by Gasteiger charge is 2.45. The Hall–Kier alpha value is -0.140. The van der Waals surface area contributed by atoms with Gasteiger partial charge >= 0.3 is 5.97 Å². The first-order valence-corrected chi connectivity index (χ1v) is 7.39. The van der Waals surface area contributed by atoms with Crippen LogP contribution in [0.15, 0.2) is 5.38 Å². The summed E-state index contributed by atoms with van der Waals surface area (Å²) in [5.41, 5.74) is 0.330. The van der Waals surface area contributed by atoms with Gasteiger partial charge in [0.1, 0.15) is 0 Å². The van der Waals surface area contributed by atoms with E-state index >= 15 is 0 Å². The Morgan fingerprint density at radius 2 is 2.20 bits per heavy atom. The molecule has 7 heteroatoms. The molecular weight excluding hydrogens is 408 g/mol. The van der Waals surface area contributed by atoms with E-state index in [1.165, 1.54) is 0 Å². The van der Waals surface area contributed by atoms with E-state index in [9.17, 15) is 4.79 Å². The zero-order valence-corrected chi connectivity index (χ0v) is 16.2. The predicted molar refractivity (Wildman–Crippen MR) is 93.4 cm³/mol. The Kier molecular flexibility index (Phi) is 8.28. The van der Waals surface area contributed by atoms with Crippen LogP contribution in [0.1, 0.15) is 45.7 Å². The molecular formula is C13H22Br2N2O2S. The van der Waals surface area contributed by atoms with Crippen LogP contribution in [0.4, 0.5) is 5.13 Å². The molecule has 20 heavy (non-hydrogen) atoms. The highest BCUT2D eigenvalue weighted by molar-refractivity contribution is 8.93. The molecule has 0 bridgehead atoms. The summed E-state index contributed by atoms with van der Waals surface area (Å²) in [6.45, 7) is 6.94. The predicted octanol–water partition coefficient (Wildman–Crippen LogP) is 4.31. The summed E-state index contributed by atoms with van der Waals surface area (Å²) in [5.74, 6) is -0.0402. The topological polar surface area (TPSA) is 51.2 Å². The van der Waals surface area contributed by atoms with Crippen molar-refractivity contribution in [2.45, 2.75) is 45.6 Å². The standard InChI is InChI=1S/C13H20N2O2S.2BrH/c1-4-6-9-7-13(3,17-11(9)16)10-8-18-12(15-10)14-5-2;;/h8-9H,4-7H2,1-3H3,(H,14,15);2*1H. The van der Waals surface area contributed by atoms with Crippen LogP contribution in [0.25, 0.3) is 0 Å². The Morgan fingerprint density at radius 1 is 1.50 bits per heavy atom. The molecule has 0 saturated carbocycles. The molecule has 2 atom stereocenters. The van der Waals surface area contributed by atoms with Gasteiger partial charge in [-0.25, -0.2) is 4.98 Å². The quantitative estimate of drug-likeness (QED) is 0.708. The van der Waals surface area contributed by atoms with Crippen molar-refractivity contribution in [3.63, 3.8) is 0 Å². The first-order chi connectivity index (χ1) is 8.59. The summed E-state index contributed by atoms with van der Waals surface area (Å²) in [7, 11) is 0. The molecule has 0 spiro atoms. The number of thiazole rings is 1. The third-order valence-corrected chi connectivity index (χ3v) is 4.11. The average Bonchev–Trinajstić information content (AvgIpc) is 2.87. The summed E-state index contributed by atoms with van der Waals surface area (Å²) in [6.07, 6.45) is 2.66. The summed E-state index contributed by atoms with van der Waals surface area (Å²) >= 11 is 1.56. The second-order valence-electron chi connectivity index (χ2n) is 4.91. The Morgan fingerprint density at radius 3 is 2.80 bits per heavy atom. The number of carbonyl (C=O) groups is 1. The van der Waals surface area contributed by atoms with Crippen molar-refractivity contribution in [3.8, 4) is 0 Å². The molecule has 1 fully saturated rings. The monoisotopic (exact) mass is 428 g/mol. The molecule has 2 rings (SSSR count). The van der Waals surface area contributed by atoms with Gasteiger partial charge in [-0.2, -0.15) is 0 Å². The van der Waals surface area contributed by atoms with Gasteiger partial charge in [-0.1, -0.05) is 13.3 Å². The van der Waals surface area contributed by atoms with Crippen LogP contribution in [0.2, 0.25) is 0 Å². The first kappa shape index (κ1) is 19.9. The molecule has 2 heterocycles. The SMILES string of the molecule is Br.Br.CCCC1CC(C)(c2csc(NCC)n2)OC1=O. The lowest BCUT2D eigenvalue weighted by atomic mass is 9.91. The van der Waals surface area contributed by atoms with Crippen LogP contribution in [0.5, 0.6) is 0 Å². The van der Waals surface area contributed by atoms with Gasteiger partial charge in [0.25, 0.3) is 0 Å². The van der Waals surface area contributed by atoms with Gasteiger partial charge in [0.2, 0.25) is 0 Å². The van der Waals surface area contributed by atoms with Gasteiger partial charge in [0.15, 0.2) is 10.7 Å². The average molecular weight is 430 g/mol. The molecule has 0 aromatic carbocycles. The molecule has 0 aliphatic carbocycles. The zero-order valence-electron chi connectivity index (χ0n) is 12.0. The van der Waals surface area contributed by atoms with Crippen molar-refractivity contribution in [3.05, 3.63) is 11.1 Å². The molecule has 2 unspecified atom stereocenters. The van der Waals surface area contributed by atoms with E-state index in [0.717, 1.165) is 36.6 Å². The Balaban J connectivity index is 0.00000180. The van der Waals surface area contributed by atoms with E-state index in [4.69, 9.17) is 4.74 Å². The van der Waals surface area contributed by atoms with Crippen molar-refractivity contribution < 1.29 is 9.53 Å². The molecule has 4 nitrogen and oxygen atoms in total. The first-order valence-electron chi connectivity index (χ1n) is 6.51. The van der Waals surface area contributed by atoms with Crippen LogP contribution < -0.4 is 5.32 Å². The number of ether oxygens (including phenoxy) is 1. The molecule has 116 valence electrons. The van der Waals surface area contributed by atoms with E-state index in [1.807, 2.05) is 19.2 Å². The second kappa shape index (κ2) is 8.34. The number of nitrogens with zero attached hydrogens (tertiary/aromatic N) is 1. The lowest BCUT2D eigenvalue weighted by Gasteiger charge is -2.19. The van der Waals surface area contributed by atoms with Crippen LogP contribution >= 0.6 is 45.3 Å². The minimum atomic E-state index is -0.541. The molecule has 0 radical (unpaired) electrons. The lowest BCUT2D eigenvalue weighted by molar-refractivity contribution is -0.150. The smallest absolute Gasteiger partial charge is 0.310 e. The van der Waals surface area contributed by atoms with Gasteiger partial charge < -0.3 is 10.1 Å². The number of halogens is 2. The van der Waals surface area contributed by atoms with E-state index in [2.05, 4.69) is 17.2 Å². The summed E-state index contributed by atoms with van der Waals surface area (Å²) in [6, 6.07) is 0. The third-order valence-electron chi connectivity index (χ3n) is 3.31. The number of hydrogen-bond acceptors (Lipinski definition) is 5. The molecule has 1 N–H and O–H groups in total. The van der Waals surface area contributed by atoms with Crippen LogP contribution in [0, 0.1) is 5.92 Å². The highest BCUT2D eigenvalue weighted by Crippen LogP contribution is 2.41. The number of esters is 1. The molecule has 1 aliphatic heterocycles. The van der Waals surface area contributed by atoms with Crippen LogP contribution in [0.3, 0.4) is 0 Å².